The molecule has 4 aliphatic heterocycles. The van der Waals surface area contributed by atoms with Gasteiger partial charge in [-0.15, -0.1) is 0 Å². The molecule has 26 heavy (non-hydrogen) atoms. The van der Waals surface area contributed by atoms with Gasteiger partial charge in [0.15, 0.2) is 0 Å². The number of hydrogen-bond acceptors (Lipinski definition) is 10. The van der Waals surface area contributed by atoms with Crippen LogP contribution in [-0.2, 0) is 18.9 Å². The number of ether oxygens (including phenoxy) is 6. The van der Waals surface area contributed by atoms with E-state index in [4.69, 9.17) is 28.4 Å². The third-order valence-electron chi connectivity index (χ3n) is 5.41. The summed E-state index contributed by atoms with van der Waals surface area (Å²) in [5.41, 5.74) is -0.457. The van der Waals surface area contributed by atoms with Crippen molar-refractivity contribution in [3.63, 3.8) is 0 Å². The Hall–Kier alpha value is -1.56. The quantitative estimate of drug-likeness (QED) is 0.642. The van der Waals surface area contributed by atoms with Crippen LogP contribution in [0.25, 0.3) is 0 Å². The Labute approximate surface area is 150 Å². The zero-order chi connectivity index (χ0) is 17.5. The average molecular weight is 366 g/mol. The Balaban J connectivity index is 1.21. The maximum atomic E-state index is 5.90. The molecule has 0 unspecified atom stereocenters. The van der Waals surface area contributed by atoms with Gasteiger partial charge in [0.25, 0.3) is 0 Å². The second-order valence-corrected chi connectivity index (χ2v) is 7.21. The summed E-state index contributed by atoms with van der Waals surface area (Å²) in [5, 5.41) is 0. The molecule has 0 aromatic carbocycles. The fourth-order valence-electron chi connectivity index (χ4n) is 3.70. The Morgan fingerprint density at radius 1 is 0.769 bits per heavy atom. The molecule has 10 heteroatoms. The molecule has 0 atom stereocenters. The van der Waals surface area contributed by atoms with Crippen LogP contribution in [0.3, 0.4) is 0 Å². The minimum absolute atomic E-state index is 0.228. The number of rotatable bonds is 6. The lowest BCUT2D eigenvalue weighted by molar-refractivity contribution is 0.0692. The second kappa shape index (κ2) is 6.55. The van der Waals surface area contributed by atoms with Crippen LogP contribution in [0.15, 0.2) is 12.4 Å². The first kappa shape index (κ1) is 16.6. The van der Waals surface area contributed by atoms with E-state index in [0.29, 0.717) is 78.3 Å². The van der Waals surface area contributed by atoms with Crippen molar-refractivity contribution in [1.29, 1.82) is 0 Å². The predicted molar refractivity (Wildman–Crippen MR) is 85.4 cm³/mol. The third kappa shape index (κ3) is 2.82. The van der Waals surface area contributed by atoms with E-state index in [9.17, 15) is 0 Å². The van der Waals surface area contributed by atoms with Crippen molar-refractivity contribution < 1.29 is 28.4 Å². The zero-order valence-corrected chi connectivity index (χ0v) is 14.5. The monoisotopic (exact) mass is 366 g/mol. The van der Waals surface area contributed by atoms with Gasteiger partial charge in [-0.3, -0.25) is 0 Å². The molecule has 1 aromatic heterocycles. The van der Waals surface area contributed by atoms with Crippen molar-refractivity contribution in [2.45, 2.75) is 11.1 Å². The van der Waals surface area contributed by atoms with E-state index in [1.165, 1.54) is 6.33 Å². The van der Waals surface area contributed by atoms with E-state index in [-0.39, 0.29) is 11.1 Å². The highest BCUT2D eigenvalue weighted by Crippen LogP contribution is 2.30. The minimum Gasteiger partial charge on any atom is -0.475 e. The van der Waals surface area contributed by atoms with Gasteiger partial charge in [0.05, 0.1) is 32.5 Å². The molecule has 4 fully saturated rings. The molecule has 10 nitrogen and oxygen atoms in total. The molecule has 0 bridgehead atoms. The van der Waals surface area contributed by atoms with Crippen molar-refractivity contribution in [2.75, 3.05) is 66.6 Å². The fraction of sp³-hybridized carbons (Fsp3) is 0.750. The minimum atomic E-state index is -0.228. The standard InChI is InChI=1S/C16H22N4O6/c1-13(25-6-15-2-21-9-19(15)10-22-3-15)17-8-18-14(1)26-7-16-4-23-11-20(16)12-24-5-16/h1,8H,2-7,9-12H2. The molecule has 0 saturated carbocycles. The molecule has 5 rings (SSSR count). The number of aromatic nitrogens is 2. The molecule has 0 N–H and O–H groups in total. The highest BCUT2D eigenvalue weighted by molar-refractivity contribution is 5.19. The highest BCUT2D eigenvalue weighted by Gasteiger charge is 2.48. The Bertz CT molecular complexity index is 590. The van der Waals surface area contributed by atoms with E-state index in [1.807, 2.05) is 0 Å². The van der Waals surface area contributed by atoms with Crippen molar-refractivity contribution in [3.05, 3.63) is 12.4 Å². The van der Waals surface area contributed by atoms with Crippen LogP contribution in [0.5, 0.6) is 11.8 Å². The molecule has 4 saturated heterocycles. The van der Waals surface area contributed by atoms with Crippen molar-refractivity contribution in [1.82, 2.24) is 19.8 Å². The summed E-state index contributed by atoms with van der Waals surface area (Å²) >= 11 is 0. The summed E-state index contributed by atoms with van der Waals surface area (Å²) in [5.74, 6) is 0.950. The molecular weight excluding hydrogens is 344 g/mol. The number of hydrogen-bond donors (Lipinski definition) is 0. The first-order valence-electron chi connectivity index (χ1n) is 8.67. The fourth-order valence-corrected chi connectivity index (χ4v) is 3.70. The lowest BCUT2D eigenvalue weighted by Gasteiger charge is -2.27. The summed E-state index contributed by atoms with van der Waals surface area (Å²) in [6.07, 6.45) is 1.45. The van der Waals surface area contributed by atoms with Gasteiger partial charge in [-0.1, -0.05) is 0 Å². The summed E-state index contributed by atoms with van der Waals surface area (Å²) < 4.78 is 34.0. The molecule has 0 radical (unpaired) electrons. The molecule has 142 valence electrons. The smallest absolute Gasteiger partial charge is 0.220 e. The van der Waals surface area contributed by atoms with Gasteiger partial charge in [0.1, 0.15) is 57.5 Å². The van der Waals surface area contributed by atoms with E-state index >= 15 is 0 Å². The Morgan fingerprint density at radius 3 is 1.62 bits per heavy atom. The predicted octanol–water partition coefficient (Wildman–Crippen LogP) is -0.733. The summed E-state index contributed by atoms with van der Waals surface area (Å²) in [4.78, 5) is 12.6. The van der Waals surface area contributed by atoms with Gasteiger partial charge >= 0.3 is 0 Å². The number of nitrogens with zero attached hydrogens (tertiary/aromatic N) is 4. The molecule has 5 heterocycles. The van der Waals surface area contributed by atoms with Crippen LogP contribution in [0.4, 0.5) is 0 Å². The van der Waals surface area contributed by atoms with Crippen LogP contribution in [-0.4, -0.2) is 97.4 Å². The van der Waals surface area contributed by atoms with Crippen LogP contribution >= 0.6 is 0 Å². The van der Waals surface area contributed by atoms with Gasteiger partial charge in [-0.05, 0) is 0 Å². The van der Waals surface area contributed by atoms with Gasteiger partial charge in [-0.2, -0.15) is 0 Å². The van der Waals surface area contributed by atoms with Crippen molar-refractivity contribution in [3.8, 4) is 11.8 Å². The first-order chi connectivity index (χ1) is 12.8. The van der Waals surface area contributed by atoms with E-state index in [0.717, 1.165) is 0 Å². The third-order valence-corrected chi connectivity index (χ3v) is 5.41. The maximum Gasteiger partial charge on any atom is 0.220 e. The van der Waals surface area contributed by atoms with E-state index in [2.05, 4.69) is 19.8 Å². The van der Waals surface area contributed by atoms with Gasteiger partial charge < -0.3 is 28.4 Å². The van der Waals surface area contributed by atoms with Crippen LogP contribution < -0.4 is 9.47 Å². The van der Waals surface area contributed by atoms with Crippen LogP contribution in [0.1, 0.15) is 0 Å². The largest absolute Gasteiger partial charge is 0.475 e. The Morgan fingerprint density at radius 2 is 1.19 bits per heavy atom. The zero-order valence-electron chi connectivity index (χ0n) is 14.5. The van der Waals surface area contributed by atoms with Crippen LogP contribution in [0.2, 0.25) is 0 Å². The van der Waals surface area contributed by atoms with Gasteiger partial charge in [-0.25, -0.2) is 19.8 Å². The second-order valence-electron chi connectivity index (χ2n) is 7.21. The van der Waals surface area contributed by atoms with Crippen molar-refractivity contribution in [2.24, 2.45) is 0 Å². The van der Waals surface area contributed by atoms with Gasteiger partial charge in [0, 0.05) is 0 Å². The number of fused-ring (bicyclic) bond motifs is 2. The summed E-state index contributed by atoms with van der Waals surface area (Å²) in [7, 11) is 0. The summed E-state index contributed by atoms with van der Waals surface area (Å²) in [6.45, 7) is 5.58. The molecule has 0 amide bonds. The first-order valence-corrected chi connectivity index (χ1v) is 8.67. The molecular formula is C16H22N4O6. The lowest BCUT2D eigenvalue weighted by atomic mass is 10.0. The van der Waals surface area contributed by atoms with Crippen LogP contribution in [0, 0.1) is 0 Å². The maximum absolute atomic E-state index is 5.90. The SMILES string of the molecule is c1nc(OCC23COCN2COC3)cc(OCC23COCN2COC3)n1. The lowest BCUT2D eigenvalue weighted by Crippen LogP contribution is -2.48. The average Bonchev–Trinajstić information content (AvgIpc) is 3.38. The van der Waals surface area contributed by atoms with Crippen molar-refractivity contribution >= 4 is 0 Å². The molecule has 0 spiro atoms. The van der Waals surface area contributed by atoms with E-state index in [1.54, 1.807) is 6.07 Å². The van der Waals surface area contributed by atoms with Gasteiger partial charge in [0.2, 0.25) is 11.8 Å². The Kier molecular flexibility index (Phi) is 4.18. The topological polar surface area (TPSA) is 87.6 Å². The molecule has 0 aliphatic carbocycles. The van der Waals surface area contributed by atoms with E-state index < -0.39 is 0 Å². The highest BCUT2D eigenvalue weighted by atomic mass is 16.6. The molecule has 1 aromatic rings. The molecule has 4 aliphatic rings. The normalized spacial score (nSPS) is 26.8. The summed E-state index contributed by atoms with van der Waals surface area (Å²) in [6, 6.07) is 1.71.